The molecular formula is C19H23N3O2. The van der Waals surface area contributed by atoms with Crippen LogP contribution in [0.1, 0.15) is 35.9 Å². The van der Waals surface area contributed by atoms with Gasteiger partial charge in [-0.1, -0.05) is 31.5 Å². The lowest BCUT2D eigenvalue weighted by Crippen LogP contribution is -2.43. The fourth-order valence-electron chi connectivity index (χ4n) is 3.73. The van der Waals surface area contributed by atoms with Gasteiger partial charge >= 0.3 is 0 Å². The molecule has 0 aliphatic carbocycles. The molecule has 0 radical (unpaired) electrons. The third kappa shape index (κ3) is 2.68. The van der Waals surface area contributed by atoms with E-state index in [4.69, 9.17) is 4.74 Å². The molecule has 24 heavy (non-hydrogen) atoms. The van der Waals surface area contributed by atoms with E-state index >= 15 is 0 Å². The number of para-hydroxylation sites is 1. The van der Waals surface area contributed by atoms with E-state index < -0.39 is 0 Å². The Balaban J connectivity index is 1.49. The van der Waals surface area contributed by atoms with Gasteiger partial charge in [0.1, 0.15) is 12.4 Å². The van der Waals surface area contributed by atoms with Crippen molar-refractivity contribution in [1.29, 1.82) is 0 Å². The monoisotopic (exact) mass is 325 g/mol. The summed E-state index contributed by atoms with van der Waals surface area (Å²) in [6.45, 7) is 4.08. The van der Waals surface area contributed by atoms with Gasteiger partial charge in [0.05, 0.1) is 11.6 Å². The summed E-state index contributed by atoms with van der Waals surface area (Å²) in [6.07, 6.45) is 3.67. The highest BCUT2D eigenvalue weighted by Crippen LogP contribution is 2.29. The van der Waals surface area contributed by atoms with Crippen LogP contribution in [0.2, 0.25) is 0 Å². The van der Waals surface area contributed by atoms with Crippen LogP contribution in [0.15, 0.2) is 24.3 Å². The molecule has 2 aliphatic heterocycles. The predicted molar refractivity (Wildman–Crippen MR) is 90.8 cm³/mol. The van der Waals surface area contributed by atoms with Crippen LogP contribution in [0.3, 0.4) is 0 Å². The van der Waals surface area contributed by atoms with Crippen molar-refractivity contribution in [1.82, 2.24) is 15.1 Å². The number of H-pyrrole nitrogens is 1. The standard InChI is InChI=1S/C19H23N3O2/c1-2-5-16-15-11-22(9-8-17(15)21-20-16)19(23)14-10-13-6-3-4-7-18(13)24-12-14/h3-4,6-7,14H,2,5,8-12H2,1H3,(H,20,21)/t14-/m0/s1. The molecule has 126 valence electrons. The summed E-state index contributed by atoms with van der Waals surface area (Å²) in [6, 6.07) is 8.01. The molecule has 4 rings (SSSR count). The maximum Gasteiger partial charge on any atom is 0.229 e. The van der Waals surface area contributed by atoms with Crippen LogP contribution >= 0.6 is 0 Å². The number of carbonyl (C=O) groups excluding carboxylic acids is 1. The molecule has 2 aliphatic rings. The first-order valence-corrected chi connectivity index (χ1v) is 8.80. The smallest absolute Gasteiger partial charge is 0.229 e. The first-order chi connectivity index (χ1) is 11.8. The van der Waals surface area contributed by atoms with Gasteiger partial charge in [0, 0.05) is 30.8 Å². The molecule has 0 fully saturated rings. The van der Waals surface area contributed by atoms with E-state index in [2.05, 4.69) is 23.2 Å². The van der Waals surface area contributed by atoms with Crippen LogP contribution in [-0.2, 0) is 30.6 Å². The molecule has 1 N–H and O–H groups in total. The summed E-state index contributed by atoms with van der Waals surface area (Å²) < 4.78 is 5.80. The molecule has 5 nitrogen and oxygen atoms in total. The van der Waals surface area contributed by atoms with E-state index in [1.54, 1.807) is 0 Å². The number of ether oxygens (including phenoxy) is 1. The number of carbonyl (C=O) groups is 1. The largest absolute Gasteiger partial charge is 0.492 e. The summed E-state index contributed by atoms with van der Waals surface area (Å²) in [4.78, 5) is 15.0. The van der Waals surface area contributed by atoms with Gasteiger partial charge in [-0.3, -0.25) is 9.89 Å². The van der Waals surface area contributed by atoms with Crippen LogP contribution in [0.5, 0.6) is 5.75 Å². The Kier molecular flexibility index (Phi) is 4.00. The minimum atomic E-state index is -0.0806. The van der Waals surface area contributed by atoms with Gasteiger partial charge in [-0.2, -0.15) is 5.10 Å². The Labute approximate surface area is 142 Å². The van der Waals surface area contributed by atoms with Crippen molar-refractivity contribution in [3.63, 3.8) is 0 Å². The quantitative estimate of drug-likeness (QED) is 0.943. The third-order valence-corrected chi connectivity index (χ3v) is 5.05. The summed E-state index contributed by atoms with van der Waals surface area (Å²) in [7, 11) is 0. The molecule has 0 saturated heterocycles. The Bertz CT molecular complexity index is 753. The van der Waals surface area contributed by atoms with Gasteiger partial charge in [0.25, 0.3) is 0 Å². The van der Waals surface area contributed by atoms with E-state index in [1.807, 2.05) is 23.1 Å². The van der Waals surface area contributed by atoms with E-state index in [-0.39, 0.29) is 11.8 Å². The van der Waals surface area contributed by atoms with Crippen molar-refractivity contribution in [2.24, 2.45) is 5.92 Å². The number of aromatic nitrogens is 2. The number of aryl methyl sites for hydroxylation is 1. The topological polar surface area (TPSA) is 58.2 Å². The van der Waals surface area contributed by atoms with Crippen LogP contribution in [-0.4, -0.2) is 34.2 Å². The highest BCUT2D eigenvalue weighted by atomic mass is 16.5. The number of hydrogen-bond acceptors (Lipinski definition) is 3. The van der Waals surface area contributed by atoms with Gasteiger partial charge in [-0.05, 0) is 24.5 Å². The van der Waals surface area contributed by atoms with E-state index in [0.717, 1.165) is 49.2 Å². The molecule has 1 amide bonds. The number of fused-ring (bicyclic) bond motifs is 2. The van der Waals surface area contributed by atoms with Crippen molar-refractivity contribution in [2.75, 3.05) is 13.2 Å². The summed E-state index contributed by atoms with van der Waals surface area (Å²) in [5.41, 5.74) is 4.69. The highest BCUT2D eigenvalue weighted by Gasteiger charge is 2.32. The van der Waals surface area contributed by atoms with Crippen LogP contribution in [0, 0.1) is 5.92 Å². The first-order valence-electron chi connectivity index (χ1n) is 8.80. The first kappa shape index (κ1) is 15.2. The van der Waals surface area contributed by atoms with Gasteiger partial charge in [-0.25, -0.2) is 0 Å². The maximum atomic E-state index is 13.0. The maximum absolute atomic E-state index is 13.0. The molecule has 1 aromatic heterocycles. The zero-order valence-electron chi connectivity index (χ0n) is 14.0. The molecule has 5 heteroatoms. The number of aromatic amines is 1. The Hall–Kier alpha value is -2.30. The SMILES string of the molecule is CCCc1n[nH]c2c1CN(C(=O)[C@@H]1COc3ccccc3C1)CC2. The van der Waals surface area contributed by atoms with Gasteiger partial charge in [0.15, 0.2) is 0 Å². The number of amides is 1. The fraction of sp³-hybridized carbons (Fsp3) is 0.474. The van der Waals surface area contributed by atoms with Gasteiger partial charge in [0.2, 0.25) is 5.91 Å². The fourth-order valence-corrected chi connectivity index (χ4v) is 3.73. The number of rotatable bonds is 3. The zero-order chi connectivity index (χ0) is 16.5. The van der Waals surface area contributed by atoms with Crippen LogP contribution in [0.25, 0.3) is 0 Å². The lowest BCUT2D eigenvalue weighted by molar-refractivity contribution is -0.137. The average Bonchev–Trinajstić information content (AvgIpc) is 3.03. The molecular weight excluding hydrogens is 302 g/mol. The van der Waals surface area contributed by atoms with E-state index in [9.17, 15) is 4.79 Å². The lowest BCUT2D eigenvalue weighted by atomic mass is 9.94. The molecule has 0 bridgehead atoms. The molecule has 1 aromatic carbocycles. The van der Waals surface area contributed by atoms with Crippen LogP contribution in [0.4, 0.5) is 0 Å². The average molecular weight is 325 g/mol. The molecule has 0 saturated carbocycles. The summed E-state index contributed by atoms with van der Waals surface area (Å²) in [5.74, 6) is 1.05. The van der Waals surface area contributed by atoms with E-state index in [1.165, 1.54) is 11.3 Å². The number of hydrogen-bond donors (Lipinski definition) is 1. The molecule has 3 heterocycles. The number of benzene rings is 1. The Morgan fingerprint density at radius 2 is 2.29 bits per heavy atom. The van der Waals surface area contributed by atoms with Crippen molar-refractivity contribution >= 4 is 5.91 Å². The predicted octanol–water partition coefficient (Wildman–Crippen LogP) is 2.50. The minimum Gasteiger partial charge on any atom is -0.492 e. The molecule has 1 atom stereocenters. The summed E-state index contributed by atoms with van der Waals surface area (Å²) in [5, 5.41) is 7.59. The lowest BCUT2D eigenvalue weighted by Gasteiger charge is -2.32. The number of nitrogens with zero attached hydrogens (tertiary/aromatic N) is 2. The van der Waals surface area contributed by atoms with Crippen molar-refractivity contribution in [3.8, 4) is 5.75 Å². The normalized spacial score (nSPS) is 19.4. The second-order valence-corrected chi connectivity index (χ2v) is 6.71. The van der Waals surface area contributed by atoms with E-state index in [0.29, 0.717) is 13.2 Å². The van der Waals surface area contributed by atoms with Crippen molar-refractivity contribution in [2.45, 2.75) is 39.2 Å². The second-order valence-electron chi connectivity index (χ2n) is 6.71. The minimum absolute atomic E-state index is 0.0806. The van der Waals surface area contributed by atoms with Crippen molar-refractivity contribution in [3.05, 3.63) is 46.8 Å². The third-order valence-electron chi connectivity index (χ3n) is 5.05. The Morgan fingerprint density at radius 3 is 3.17 bits per heavy atom. The van der Waals surface area contributed by atoms with Gasteiger partial charge in [-0.15, -0.1) is 0 Å². The summed E-state index contributed by atoms with van der Waals surface area (Å²) >= 11 is 0. The molecule has 0 unspecified atom stereocenters. The second kappa shape index (κ2) is 6.30. The zero-order valence-corrected chi connectivity index (χ0v) is 14.0. The molecule has 0 spiro atoms. The van der Waals surface area contributed by atoms with Crippen LogP contribution < -0.4 is 4.74 Å². The Morgan fingerprint density at radius 1 is 1.42 bits per heavy atom. The molecule has 2 aromatic rings. The van der Waals surface area contributed by atoms with Crippen molar-refractivity contribution < 1.29 is 9.53 Å². The highest BCUT2D eigenvalue weighted by molar-refractivity contribution is 5.80. The van der Waals surface area contributed by atoms with Gasteiger partial charge < -0.3 is 9.64 Å². The number of nitrogens with one attached hydrogen (secondary N) is 1.